The maximum Gasteiger partial charge on any atom is 0.246 e. The molecule has 4 nitrogen and oxygen atoms in total. The van der Waals surface area contributed by atoms with Gasteiger partial charge in [-0.25, -0.2) is 0 Å². The average molecular weight is 234 g/mol. The molecule has 2 N–H and O–H groups in total. The molecule has 1 aliphatic heterocycles. The molecule has 1 aromatic carbocycles. The van der Waals surface area contributed by atoms with Gasteiger partial charge in [0.2, 0.25) is 5.91 Å². The minimum absolute atomic E-state index is 0.0601. The maximum absolute atomic E-state index is 12.2. The van der Waals surface area contributed by atoms with Crippen LogP contribution >= 0.6 is 0 Å². The monoisotopic (exact) mass is 234 g/mol. The average Bonchev–Trinajstić information content (AvgIpc) is 2.32. The zero-order valence-electron chi connectivity index (χ0n) is 10.2. The van der Waals surface area contributed by atoms with Crippen molar-refractivity contribution in [3.05, 3.63) is 29.8 Å². The summed E-state index contributed by atoms with van der Waals surface area (Å²) in [7, 11) is 0. The summed E-state index contributed by atoms with van der Waals surface area (Å²) in [6.45, 7) is 4.56. The lowest BCUT2D eigenvalue weighted by Gasteiger charge is -2.37. The standard InChI is InChI=1S/C13H18N2O2/c1-9-3-5-11(6-4-9)15-10(2)7-14-12(8-16)13(15)17/h3-6,10,12,14,16H,7-8H2,1-2H3. The molecule has 0 radical (unpaired) electrons. The van der Waals surface area contributed by atoms with Crippen LogP contribution < -0.4 is 10.2 Å². The van der Waals surface area contributed by atoms with Crippen molar-refractivity contribution >= 4 is 11.6 Å². The maximum atomic E-state index is 12.2. The van der Waals surface area contributed by atoms with Gasteiger partial charge in [0.25, 0.3) is 0 Å². The van der Waals surface area contributed by atoms with Crippen molar-refractivity contribution in [1.82, 2.24) is 5.32 Å². The molecule has 1 aromatic rings. The van der Waals surface area contributed by atoms with E-state index in [1.165, 1.54) is 5.56 Å². The van der Waals surface area contributed by atoms with E-state index in [1.54, 1.807) is 4.90 Å². The number of anilines is 1. The quantitative estimate of drug-likeness (QED) is 0.791. The predicted octanol–water partition coefficient (Wildman–Crippen LogP) is 0.681. The molecule has 1 saturated heterocycles. The number of nitrogens with one attached hydrogen (secondary N) is 1. The van der Waals surface area contributed by atoms with Crippen LogP contribution in [0.4, 0.5) is 5.69 Å². The van der Waals surface area contributed by atoms with Crippen LogP contribution in [-0.2, 0) is 4.79 Å². The molecule has 92 valence electrons. The molecule has 0 aliphatic carbocycles. The second kappa shape index (κ2) is 4.85. The molecular weight excluding hydrogens is 216 g/mol. The summed E-state index contributed by atoms with van der Waals surface area (Å²) >= 11 is 0. The number of carbonyl (C=O) groups is 1. The lowest BCUT2D eigenvalue weighted by atomic mass is 10.1. The Morgan fingerprint density at radius 3 is 2.65 bits per heavy atom. The topological polar surface area (TPSA) is 52.6 Å². The van der Waals surface area contributed by atoms with Crippen LogP contribution in [0, 0.1) is 6.92 Å². The Hall–Kier alpha value is -1.39. The summed E-state index contributed by atoms with van der Waals surface area (Å²) in [6, 6.07) is 7.50. The molecule has 4 heteroatoms. The van der Waals surface area contributed by atoms with Crippen molar-refractivity contribution in [2.24, 2.45) is 0 Å². The third-order valence-corrected chi connectivity index (χ3v) is 3.13. The van der Waals surface area contributed by atoms with Gasteiger partial charge in [0.15, 0.2) is 0 Å². The molecule has 2 atom stereocenters. The number of rotatable bonds is 2. The fourth-order valence-electron chi connectivity index (χ4n) is 2.11. The van der Waals surface area contributed by atoms with E-state index in [2.05, 4.69) is 5.32 Å². The highest BCUT2D eigenvalue weighted by molar-refractivity contribution is 5.98. The summed E-state index contributed by atoms with van der Waals surface area (Å²) in [4.78, 5) is 13.9. The van der Waals surface area contributed by atoms with Crippen molar-refractivity contribution in [3.8, 4) is 0 Å². The summed E-state index contributed by atoms with van der Waals surface area (Å²) in [5, 5.41) is 12.2. The first-order chi connectivity index (χ1) is 8.13. The van der Waals surface area contributed by atoms with Gasteiger partial charge in [-0.2, -0.15) is 0 Å². The smallest absolute Gasteiger partial charge is 0.246 e. The first-order valence-corrected chi connectivity index (χ1v) is 5.87. The molecule has 2 unspecified atom stereocenters. The Bertz CT molecular complexity index is 402. The summed E-state index contributed by atoms with van der Waals surface area (Å²) in [6.07, 6.45) is 0. The largest absolute Gasteiger partial charge is 0.394 e. The van der Waals surface area contributed by atoms with Gasteiger partial charge in [-0.3, -0.25) is 4.79 Å². The van der Waals surface area contributed by atoms with Crippen molar-refractivity contribution in [2.45, 2.75) is 25.9 Å². The van der Waals surface area contributed by atoms with E-state index in [1.807, 2.05) is 38.1 Å². The molecule has 1 amide bonds. The number of nitrogens with zero attached hydrogens (tertiary/aromatic N) is 1. The minimum Gasteiger partial charge on any atom is -0.394 e. The number of benzene rings is 1. The van der Waals surface area contributed by atoms with Crippen LogP contribution in [-0.4, -0.2) is 36.2 Å². The van der Waals surface area contributed by atoms with Gasteiger partial charge in [-0.15, -0.1) is 0 Å². The van der Waals surface area contributed by atoms with E-state index in [-0.39, 0.29) is 18.6 Å². The van der Waals surface area contributed by atoms with Gasteiger partial charge in [0.05, 0.1) is 6.61 Å². The molecule has 0 spiro atoms. The molecule has 17 heavy (non-hydrogen) atoms. The fraction of sp³-hybridized carbons (Fsp3) is 0.462. The van der Waals surface area contributed by atoms with E-state index in [0.29, 0.717) is 6.54 Å². The molecule has 1 heterocycles. The van der Waals surface area contributed by atoms with Crippen molar-refractivity contribution < 1.29 is 9.90 Å². The molecular formula is C13H18N2O2. The lowest BCUT2D eigenvalue weighted by molar-refractivity contribution is -0.123. The summed E-state index contributed by atoms with van der Waals surface area (Å²) < 4.78 is 0. The Kier molecular flexibility index (Phi) is 3.45. The van der Waals surface area contributed by atoms with Gasteiger partial charge in [-0.1, -0.05) is 17.7 Å². The number of hydrogen-bond acceptors (Lipinski definition) is 3. The van der Waals surface area contributed by atoms with E-state index in [0.717, 1.165) is 5.69 Å². The number of aliphatic hydroxyl groups is 1. The second-order valence-electron chi connectivity index (χ2n) is 4.54. The highest BCUT2D eigenvalue weighted by atomic mass is 16.3. The SMILES string of the molecule is Cc1ccc(N2C(=O)C(CO)NCC2C)cc1. The zero-order chi connectivity index (χ0) is 12.4. The second-order valence-corrected chi connectivity index (χ2v) is 4.54. The third kappa shape index (κ3) is 2.33. The van der Waals surface area contributed by atoms with Gasteiger partial charge < -0.3 is 15.3 Å². The van der Waals surface area contributed by atoms with Crippen LogP contribution in [0.5, 0.6) is 0 Å². The van der Waals surface area contributed by atoms with E-state index in [4.69, 9.17) is 5.11 Å². The zero-order valence-corrected chi connectivity index (χ0v) is 10.2. The molecule has 1 fully saturated rings. The van der Waals surface area contributed by atoms with E-state index >= 15 is 0 Å². The molecule has 0 bridgehead atoms. The van der Waals surface area contributed by atoms with E-state index in [9.17, 15) is 4.79 Å². The van der Waals surface area contributed by atoms with Gasteiger partial charge in [-0.05, 0) is 26.0 Å². The van der Waals surface area contributed by atoms with Crippen LogP contribution in [0.3, 0.4) is 0 Å². The fourth-order valence-corrected chi connectivity index (χ4v) is 2.11. The summed E-state index contributed by atoms with van der Waals surface area (Å²) in [5.74, 6) is -0.0601. The number of amides is 1. The van der Waals surface area contributed by atoms with Crippen molar-refractivity contribution in [3.63, 3.8) is 0 Å². The highest BCUT2D eigenvalue weighted by Crippen LogP contribution is 2.21. The minimum atomic E-state index is -0.479. The van der Waals surface area contributed by atoms with Crippen molar-refractivity contribution in [2.75, 3.05) is 18.1 Å². The van der Waals surface area contributed by atoms with Gasteiger partial charge in [0.1, 0.15) is 6.04 Å². The van der Waals surface area contributed by atoms with Crippen LogP contribution in [0.15, 0.2) is 24.3 Å². The van der Waals surface area contributed by atoms with Crippen LogP contribution in [0.2, 0.25) is 0 Å². The Balaban J connectivity index is 2.28. The number of aliphatic hydroxyl groups excluding tert-OH is 1. The number of piperazine rings is 1. The van der Waals surface area contributed by atoms with Crippen LogP contribution in [0.25, 0.3) is 0 Å². The first kappa shape index (κ1) is 12.1. The molecule has 1 aliphatic rings. The summed E-state index contributed by atoms with van der Waals surface area (Å²) in [5.41, 5.74) is 2.07. The normalized spacial score (nSPS) is 25.1. The number of aryl methyl sites for hydroxylation is 1. The molecule has 0 saturated carbocycles. The van der Waals surface area contributed by atoms with Gasteiger partial charge >= 0.3 is 0 Å². The van der Waals surface area contributed by atoms with Gasteiger partial charge in [0, 0.05) is 18.3 Å². The third-order valence-electron chi connectivity index (χ3n) is 3.13. The molecule has 2 rings (SSSR count). The molecule has 0 aromatic heterocycles. The van der Waals surface area contributed by atoms with Crippen LogP contribution in [0.1, 0.15) is 12.5 Å². The Morgan fingerprint density at radius 1 is 1.41 bits per heavy atom. The highest BCUT2D eigenvalue weighted by Gasteiger charge is 2.33. The Labute approximate surface area is 101 Å². The Morgan fingerprint density at radius 2 is 2.06 bits per heavy atom. The first-order valence-electron chi connectivity index (χ1n) is 5.87. The number of carbonyl (C=O) groups excluding carboxylic acids is 1. The van der Waals surface area contributed by atoms with E-state index < -0.39 is 6.04 Å². The number of hydrogen-bond donors (Lipinski definition) is 2. The predicted molar refractivity (Wildman–Crippen MR) is 67.0 cm³/mol. The van der Waals surface area contributed by atoms with Crippen molar-refractivity contribution in [1.29, 1.82) is 0 Å². The lowest BCUT2D eigenvalue weighted by Crippen LogP contribution is -2.60.